The number of carbonyl (C=O) groups is 1. The molecular weight excluding hydrogens is 326 g/mol. The van der Waals surface area contributed by atoms with E-state index in [1.807, 2.05) is 47.4 Å². The Morgan fingerprint density at radius 1 is 1.08 bits per heavy atom. The molecule has 6 heteroatoms. The smallest absolute Gasteiger partial charge is 0.254 e. The predicted molar refractivity (Wildman–Crippen MR) is 98.6 cm³/mol. The van der Waals surface area contributed by atoms with Gasteiger partial charge in [-0.2, -0.15) is 5.10 Å². The Morgan fingerprint density at radius 3 is 2.62 bits per heavy atom. The summed E-state index contributed by atoms with van der Waals surface area (Å²) >= 11 is 0. The van der Waals surface area contributed by atoms with E-state index < -0.39 is 0 Å². The largest absolute Gasteiger partial charge is 0.336 e. The van der Waals surface area contributed by atoms with E-state index in [0.29, 0.717) is 25.2 Å². The van der Waals surface area contributed by atoms with Gasteiger partial charge in [0.05, 0.1) is 6.54 Å². The number of hydrogen-bond donors (Lipinski definition) is 1. The van der Waals surface area contributed by atoms with Crippen LogP contribution in [0.2, 0.25) is 0 Å². The fraction of sp³-hybridized carbons (Fsp3) is 0.250. The molecule has 1 saturated heterocycles. The third-order valence-corrected chi connectivity index (χ3v) is 4.93. The summed E-state index contributed by atoms with van der Waals surface area (Å²) in [5.74, 6) is 0.192. The first-order chi connectivity index (χ1) is 12.7. The highest BCUT2D eigenvalue weighted by Gasteiger charge is 2.34. The minimum Gasteiger partial charge on any atom is -0.336 e. The lowest BCUT2D eigenvalue weighted by Crippen LogP contribution is -2.32. The predicted octanol–water partition coefficient (Wildman–Crippen LogP) is 1.89. The van der Waals surface area contributed by atoms with Gasteiger partial charge in [0, 0.05) is 30.6 Å². The van der Waals surface area contributed by atoms with Gasteiger partial charge in [-0.3, -0.25) is 4.79 Å². The van der Waals surface area contributed by atoms with Crippen LogP contribution >= 0.6 is 0 Å². The molecule has 1 aliphatic rings. The third-order valence-electron chi connectivity index (χ3n) is 4.93. The van der Waals surface area contributed by atoms with E-state index in [2.05, 4.69) is 22.2 Å². The molecule has 2 atom stereocenters. The van der Waals surface area contributed by atoms with Crippen LogP contribution in [0.15, 0.2) is 67.3 Å². The van der Waals surface area contributed by atoms with E-state index in [9.17, 15) is 4.79 Å². The summed E-state index contributed by atoms with van der Waals surface area (Å²) in [6.07, 6.45) is 3.15. The molecule has 1 aliphatic heterocycles. The highest BCUT2D eigenvalue weighted by atomic mass is 16.2. The first-order valence-electron chi connectivity index (χ1n) is 8.72. The Labute approximate surface area is 152 Å². The second-order valence-corrected chi connectivity index (χ2v) is 6.64. The van der Waals surface area contributed by atoms with Crippen molar-refractivity contribution in [3.8, 4) is 0 Å². The number of aromatic nitrogens is 3. The summed E-state index contributed by atoms with van der Waals surface area (Å²) < 4.78 is 1.72. The number of likely N-dealkylation sites (tertiary alicyclic amines) is 1. The maximum absolute atomic E-state index is 13.1. The minimum atomic E-state index is -0.0520. The molecule has 1 amide bonds. The van der Waals surface area contributed by atoms with Crippen molar-refractivity contribution in [1.29, 1.82) is 0 Å². The number of hydrogen-bond acceptors (Lipinski definition) is 4. The minimum absolute atomic E-state index is 0.0228. The molecule has 0 spiro atoms. The second-order valence-electron chi connectivity index (χ2n) is 6.64. The van der Waals surface area contributed by atoms with Gasteiger partial charge in [0.15, 0.2) is 0 Å². The first kappa shape index (κ1) is 16.5. The molecule has 0 saturated carbocycles. The van der Waals surface area contributed by atoms with Crippen molar-refractivity contribution in [1.82, 2.24) is 19.7 Å². The maximum Gasteiger partial charge on any atom is 0.254 e. The average Bonchev–Trinajstić information content (AvgIpc) is 3.32. The standard InChI is InChI=1S/C20H21N5O/c21-19-12-24(11-18(19)15-6-2-1-3-7-15)20(26)17-9-5-4-8-16(17)10-25-14-22-13-23-25/h1-9,13-14,18-19H,10-12,21H2/t18-,19+/m0/s1. The van der Waals surface area contributed by atoms with Gasteiger partial charge in [0.1, 0.15) is 12.7 Å². The van der Waals surface area contributed by atoms with Crippen molar-refractivity contribution in [3.05, 3.63) is 83.9 Å². The normalized spacial score (nSPS) is 19.7. The van der Waals surface area contributed by atoms with E-state index in [4.69, 9.17) is 5.73 Å². The molecule has 2 heterocycles. The molecule has 6 nitrogen and oxygen atoms in total. The van der Waals surface area contributed by atoms with Gasteiger partial charge >= 0.3 is 0 Å². The molecular formula is C20H21N5O. The quantitative estimate of drug-likeness (QED) is 0.782. The third kappa shape index (κ3) is 3.23. The fourth-order valence-electron chi connectivity index (χ4n) is 3.57. The van der Waals surface area contributed by atoms with Crippen molar-refractivity contribution in [3.63, 3.8) is 0 Å². The number of nitrogens with zero attached hydrogens (tertiary/aromatic N) is 4. The molecule has 0 aliphatic carbocycles. The summed E-state index contributed by atoms with van der Waals surface area (Å²) in [5.41, 5.74) is 9.16. The summed E-state index contributed by atoms with van der Waals surface area (Å²) in [5, 5.41) is 4.13. The van der Waals surface area contributed by atoms with Crippen LogP contribution in [0.5, 0.6) is 0 Å². The zero-order valence-corrected chi connectivity index (χ0v) is 14.4. The maximum atomic E-state index is 13.1. The van der Waals surface area contributed by atoms with Crippen LogP contribution in [0.25, 0.3) is 0 Å². The molecule has 26 heavy (non-hydrogen) atoms. The zero-order valence-electron chi connectivity index (χ0n) is 14.4. The van der Waals surface area contributed by atoms with Crippen LogP contribution in [0, 0.1) is 0 Å². The molecule has 1 aromatic heterocycles. The zero-order chi connectivity index (χ0) is 17.9. The van der Waals surface area contributed by atoms with Crippen molar-refractivity contribution in [2.75, 3.05) is 13.1 Å². The summed E-state index contributed by atoms with van der Waals surface area (Å²) in [6.45, 7) is 1.72. The number of rotatable bonds is 4. The molecule has 2 aromatic carbocycles. The van der Waals surface area contributed by atoms with Gasteiger partial charge in [-0.1, -0.05) is 48.5 Å². The molecule has 0 bridgehead atoms. The van der Waals surface area contributed by atoms with Crippen LogP contribution in [0.3, 0.4) is 0 Å². The number of carbonyl (C=O) groups excluding carboxylic acids is 1. The highest BCUT2D eigenvalue weighted by molar-refractivity contribution is 5.96. The van der Waals surface area contributed by atoms with Gasteiger partial charge in [0.25, 0.3) is 5.91 Å². The molecule has 3 aromatic rings. The summed E-state index contributed by atoms with van der Waals surface area (Å²) in [7, 11) is 0. The van der Waals surface area contributed by atoms with E-state index >= 15 is 0 Å². The second kappa shape index (κ2) is 7.09. The van der Waals surface area contributed by atoms with E-state index in [0.717, 1.165) is 5.56 Å². The molecule has 4 rings (SSSR count). The van der Waals surface area contributed by atoms with Gasteiger partial charge in [-0.25, -0.2) is 9.67 Å². The Kier molecular flexibility index (Phi) is 4.50. The van der Waals surface area contributed by atoms with E-state index in [1.54, 1.807) is 11.0 Å². The van der Waals surface area contributed by atoms with Crippen molar-refractivity contribution < 1.29 is 4.79 Å². The molecule has 0 unspecified atom stereocenters. The van der Waals surface area contributed by atoms with Gasteiger partial charge in [-0.15, -0.1) is 0 Å². The van der Waals surface area contributed by atoms with Crippen LogP contribution in [-0.2, 0) is 6.54 Å². The van der Waals surface area contributed by atoms with Crippen LogP contribution in [0.1, 0.15) is 27.4 Å². The van der Waals surface area contributed by atoms with Crippen LogP contribution < -0.4 is 5.73 Å². The number of nitrogens with two attached hydrogens (primary N) is 1. The van der Waals surface area contributed by atoms with Crippen LogP contribution in [-0.4, -0.2) is 44.7 Å². The Morgan fingerprint density at radius 2 is 1.85 bits per heavy atom. The first-order valence-corrected chi connectivity index (χ1v) is 8.72. The highest BCUT2D eigenvalue weighted by Crippen LogP contribution is 2.28. The lowest BCUT2D eigenvalue weighted by atomic mass is 9.95. The summed E-state index contributed by atoms with van der Waals surface area (Å²) in [4.78, 5) is 19.0. The lowest BCUT2D eigenvalue weighted by Gasteiger charge is -2.18. The monoisotopic (exact) mass is 347 g/mol. The van der Waals surface area contributed by atoms with Crippen LogP contribution in [0.4, 0.5) is 0 Å². The Hall–Kier alpha value is -2.99. The van der Waals surface area contributed by atoms with Crippen molar-refractivity contribution >= 4 is 5.91 Å². The van der Waals surface area contributed by atoms with Gasteiger partial charge in [-0.05, 0) is 17.2 Å². The van der Waals surface area contributed by atoms with E-state index in [-0.39, 0.29) is 17.9 Å². The van der Waals surface area contributed by atoms with Gasteiger partial charge in [0.2, 0.25) is 0 Å². The topological polar surface area (TPSA) is 77.0 Å². The number of benzene rings is 2. The molecule has 1 fully saturated rings. The van der Waals surface area contributed by atoms with Gasteiger partial charge < -0.3 is 10.6 Å². The fourth-order valence-corrected chi connectivity index (χ4v) is 3.57. The SMILES string of the molecule is N[C@@H]1CN(C(=O)c2ccccc2Cn2cncn2)C[C@H]1c1ccccc1. The van der Waals surface area contributed by atoms with Crippen molar-refractivity contribution in [2.24, 2.45) is 5.73 Å². The van der Waals surface area contributed by atoms with E-state index in [1.165, 1.54) is 11.9 Å². The average molecular weight is 347 g/mol. The number of amides is 1. The Bertz CT molecular complexity index is 878. The lowest BCUT2D eigenvalue weighted by molar-refractivity contribution is 0.0788. The molecule has 2 N–H and O–H groups in total. The summed E-state index contributed by atoms with van der Waals surface area (Å²) in [6, 6.07) is 17.8. The van der Waals surface area contributed by atoms with Crippen molar-refractivity contribution in [2.45, 2.75) is 18.5 Å². The Balaban J connectivity index is 1.55. The molecule has 132 valence electrons. The molecule has 0 radical (unpaired) electrons.